The zero-order valence-corrected chi connectivity index (χ0v) is 11.5. The van der Waals surface area contributed by atoms with Crippen molar-refractivity contribution in [1.29, 1.82) is 0 Å². The fourth-order valence-electron chi connectivity index (χ4n) is 1.69. The van der Waals surface area contributed by atoms with Gasteiger partial charge in [-0.05, 0) is 40.7 Å². The van der Waals surface area contributed by atoms with Gasteiger partial charge in [-0.25, -0.2) is 4.79 Å². The molecule has 1 rings (SSSR count). The molecule has 18 heavy (non-hydrogen) atoms. The van der Waals surface area contributed by atoms with Crippen molar-refractivity contribution in [2.24, 2.45) is 0 Å². The van der Waals surface area contributed by atoms with Gasteiger partial charge in [-0.1, -0.05) is 0 Å². The molecule has 1 aliphatic carbocycles. The number of carboxylic acid groups (broad SMARTS) is 1. The van der Waals surface area contributed by atoms with Crippen LogP contribution in [0.4, 0.5) is 0 Å². The molecule has 5 heteroatoms. The maximum Gasteiger partial charge on any atom is 0.331 e. The normalized spacial score (nSPS) is 18.3. The molecule has 0 saturated heterocycles. The van der Waals surface area contributed by atoms with Crippen LogP contribution in [0.1, 0.15) is 33.6 Å². The van der Waals surface area contributed by atoms with Crippen molar-refractivity contribution in [3.8, 4) is 0 Å². The van der Waals surface area contributed by atoms with E-state index in [9.17, 15) is 9.59 Å². The Morgan fingerprint density at radius 2 is 1.89 bits per heavy atom. The number of rotatable bonds is 6. The predicted molar refractivity (Wildman–Crippen MR) is 69.3 cm³/mol. The van der Waals surface area contributed by atoms with Gasteiger partial charge in [-0.2, -0.15) is 0 Å². The van der Waals surface area contributed by atoms with Crippen LogP contribution in [0.2, 0.25) is 0 Å². The number of carbonyl (C=O) groups excluding carboxylic acids is 1. The van der Waals surface area contributed by atoms with Crippen LogP contribution in [0.15, 0.2) is 11.1 Å². The van der Waals surface area contributed by atoms with Crippen molar-refractivity contribution in [2.75, 3.05) is 13.6 Å². The van der Waals surface area contributed by atoms with Gasteiger partial charge in [0.1, 0.15) is 0 Å². The summed E-state index contributed by atoms with van der Waals surface area (Å²) in [6, 6.07) is 0.911. The van der Waals surface area contributed by atoms with Crippen LogP contribution in [0.25, 0.3) is 0 Å². The second-order valence-electron chi connectivity index (χ2n) is 5.01. The number of likely N-dealkylation sites (N-methyl/N-ethyl adjacent to an activating group) is 1. The van der Waals surface area contributed by atoms with E-state index < -0.39 is 5.97 Å². The first-order valence-corrected chi connectivity index (χ1v) is 6.25. The smallest absolute Gasteiger partial charge is 0.331 e. The molecule has 0 aromatic rings. The molecule has 1 saturated carbocycles. The van der Waals surface area contributed by atoms with Crippen LogP contribution >= 0.6 is 0 Å². The molecule has 1 unspecified atom stereocenters. The highest BCUT2D eigenvalue weighted by atomic mass is 16.4. The van der Waals surface area contributed by atoms with Crippen molar-refractivity contribution in [2.45, 2.75) is 45.7 Å². The lowest BCUT2D eigenvalue weighted by Gasteiger charge is -2.24. The third-order valence-corrected chi connectivity index (χ3v) is 3.60. The number of carboxylic acids is 1. The van der Waals surface area contributed by atoms with Crippen LogP contribution in [-0.2, 0) is 9.59 Å². The Bertz CT molecular complexity index is 372. The fraction of sp³-hybridized carbons (Fsp3) is 0.692. The summed E-state index contributed by atoms with van der Waals surface area (Å²) in [4.78, 5) is 24.7. The number of nitrogens with one attached hydrogen (secondary N) is 1. The Kier molecular flexibility index (Phi) is 4.90. The van der Waals surface area contributed by atoms with Crippen LogP contribution in [-0.4, -0.2) is 47.6 Å². The van der Waals surface area contributed by atoms with Crippen molar-refractivity contribution in [3.05, 3.63) is 11.1 Å². The first-order valence-electron chi connectivity index (χ1n) is 6.25. The van der Waals surface area contributed by atoms with Crippen molar-refractivity contribution < 1.29 is 14.7 Å². The van der Waals surface area contributed by atoms with E-state index >= 15 is 0 Å². The van der Waals surface area contributed by atoms with Gasteiger partial charge in [0.25, 0.3) is 0 Å². The molecule has 0 radical (unpaired) electrons. The van der Waals surface area contributed by atoms with Gasteiger partial charge in [0.05, 0.1) is 0 Å². The molecule has 0 bridgehead atoms. The number of hydrogen-bond donors (Lipinski definition) is 2. The van der Waals surface area contributed by atoms with Crippen molar-refractivity contribution in [1.82, 2.24) is 10.2 Å². The van der Waals surface area contributed by atoms with Gasteiger partial charge < -0.3 is 10.4 Å². The lowest BCUT2D eigenvalue weighted by Crippen LogP contribution is -2.41. The summed E-state index contributed by atoms with van der Waals surface area (Å²) in [5.41, 5.74) is 0.361. The van der Waals surface area contributed by atoms with Gasteiger partial charge in [-0.3, -0.25) is 9.69 Å². The predicted octanol–water partition coefficient (Wildman–Crippen LogP) is 1.01. The van der Waals surface area contributed by atoms with Gasteiger partial charge in [0, 0.05) is 29.8 Å². The molecule has 2 N–H and O–H groups in total. The maximum atomic E-state index is 11.8. The standard InChI is InChI=1S/C13H22N2O3/c1-8(15(4)11-5-6-11)7-14-12(16)9(2)10(3)13(17)18/h8,11H,5-7H2,1-4H3,(H,14,16)(H,17,18). The second kappa shape index (κ2) is 6.00. The monoisotopic (exact) mass is 254 g/mol. The van der Waals surface area contributed by atoms with E-state index in [1.54, 1.807) is 0 Å². The first-order chi connectivity index (χ1) is 8.34. The molecule has 1 atom stereocenters. The van der Waals surface area contributed by atoms with Crippen LogP contribution in [0.3, 0.4) is 0 Å². The Morgan fingerprint density at radius 3 is 2.33 bits per heavy atom. The van der Waals surface area contributed by atoms with Gasteiger partial charge >= 0.3 is 5.97 Å². The van der Waals surface area contributed by atoms with Gasteiger partial charge in [-0.15, -0.1) is 0 Å². The highest BCUT2D eigenvalue weighted by Gasteiger charge is 2.29. The van der Waals surface area contributed by atoms with Crippen LogP contribution in [0, 0.1) is 0 Å². The molecule has 5 nitrogen and oxygen atoms in total. The van der Waals surface area contributed by atoms with E-state index in [2.05, 4.69) is 24.2 Å². The van der Waals surface area contributed by atoms with Crippen LogP contribution < -0.4 is 5.32 Å². The highest BCUT2D eigenvalue weighted by Crippen LogP contribution is 2.26. The largest absolute Gasteiger partial charge is 0.478 e. The molecular formula is C13H22N2O3. The third kappa shape index (κ3) is 3.84. The van der Waals surface area contributed by atoms with Gasteiger partial charge in [0.2, 0.25) is 5.91 Å². The summed E-state index contributed by atoms with van der Waals surface area (Å²) in [7, 11) is 2.06. The Labute approximate surface area is 108 Å². The third-order valence-electron chi connectivity index (χ3n) is 3.60. The maximum absolute atomic E-state index is 11.8. The summed E-state index contributed by atoms with van der Waals surface area (Å²) in [5.74, 6) is -1.35. The van der Waals surface area contributed by atoms with E-state index in [0.29, 0.717) is 12.6 Å². The SMILES string of the molecule is CC(C(=O)O)=C(C)C(=O)NCC(C)N(C)C1CC1. The number of hydrogen-bond acceptors (Lipinski definition) is 3. The topological polar surface area (TPSA) is 69.6 Å². The first kappa shape index (κ1) is 14.7. The minimum Gasteiger partial charge on any atom is -0.478 e. The average molecular weight is 254 g/mol. The molecule has 102 valence electrons. The highest BCUT2D eigenvalue weighted by molar-refractivity contribution is 6.01. The second-order valence-corrected chi connectivity index (χ2v) is 5.01. The summed E-state index contributed by atoms with van der Waals surface area (Å²) in [5, 5.41) is 11.6. The van der Waals surface area contributed by atoms with E-state index in [-0.39, 0.29) is 23.1 Å². The molecule has 1 fully saturated rings. The quantitative estimate of drug-likeness (QED) is 0.694. The lowest BCUT2D eigenvalue weighted by molar-refractivity contribution is -0.133. The summed E-state index contributed by atoms with van der Waals surface area (Å²) in [6.07, 6.45) is 2.46. The average Bonchev–Trinajstić information content (AvgIpc) is 3.16. The Balaban J connectivity index is 2.45. The number of nitrogens with zero attached hydrogens (tertiary/aromatic N) is 1. The molecule has 0 heterocycles. The Hall–Kier alpha value is -1.36. The molecule has 0 spiro atoms. The van der Waals surface area contributed by atoms with E-state index in [0.717, 1.165) is 0 Å². The van der Waals surface area contributed by atoms with Crippen LogP contribution in [0.5, 0.6) is 0 Å². The van der Waals surface area contributed by atoms with E-state index in [1.807, 2.05) is 0 Å². The summed E-state index contributed by atoms with van der Waals surface area (Å²) in [6.45, 7) is 5.57. The van der Waals surface area contributed by atoms with Gasteiger partial charge in [0.15, 0.2) is 0 Å². The molecule has 1 amide bonds. The number of carbonyl (C=O) groups is 2. The minimum absolute atomic E-state index is 0.0932. The Morgan fingerprint density at radius 1 is 1.33 bits per heavy atom. The lowest BCUT2D eigenvalue weighted by atomic mass is 10.1. The number of aliphatic carboxylic acids is 1. The van der Waals surface area contributed by atoms with Crippen molar-refractivity contribution >= 4 is 11.9 Å². The number of amides is 1. The minimum atomic E-state index is -1.05. The van der Waals surface area contributed by atoms with E-state index in [4.69, 9.17) is 5.11 Å². The molecule has 0 aromatic heterocycles. The van der Waals surface area contributed by atoms with E-state index in [1.165, 1.54) is 26.7 Å². The van der Waals surface area contributed by atoms with Crippen molar-refractivity contribution in [3.63, 3.8) is 0 Å². The summed E-state index contributed by atoms with van der Waals surface area (Å²) < 4.78 is 0. The zero-order chi connectivity index (χ0) is 13.9. The molecule has 0 aliphatic heterocycles. The molecule has 0 aromatic carbocycles. The fourth-order valence-corrected chi connectivity index (χ4v) is 1.69. The summed E-state index contributed by atoms with van der Waals surface area (Å²) >= 11 is 0. The zero-order valence-electron chi connectivity index (χ0n) is 11.5. The molecule has 1 aliphatic rings. The molecular weight excluding hydrogens is 232 g/mol.